The first kappa shape index (κ1) is 18.4. The second-order valence-electron chi connectivity index (χ2n) is 6.70. The van der Waals surface area contributed by atoms with Crippen molar-refractivity contribution in [3.8, 4) is 5.75 Å². The van der Waals surface area contributed by atoms with Gasteiger partial charge in [0.2, 0.25) is 0 Å². The minimum absolute atomic E-state index is 0.403. The molecule has 1 fully saturated rings. The van der Waals surface area contributed by atoms with Crippen molar-refractivity contribution in [2.45, 2.75) is 32.0 Å². The van der Waals surface area contributed by atoms with Crippen molar-refractivity contribution in [3.05, 3.63) is 65.2 Å². The summed E-state index contributed by atoms with van der Waals surface area (Å²) in [6.07, 6.45) is 1.37. The smallest absolute Gasteiger partial charge is 0.253 e. The molecule has 1 atom stereocenters. The lowest BCUT2D eigenvalue weighted by Gasteiger charge is -2.16. The zero-order chi connectivity index (χ0) is 18.4. The molecule has 1 amide bonds. The Morgan fingerprint density at radius 3 is 2.54 bits per heavy atom. The average molecular weight is 354 g/mol. The molecule has 0 radical (unpaired) electrons. The second-order valence-corrected chi connectivity index (χ2v) is 6.70. The van der Waals surface area contributed by atoms with Crippen LogP contribution in [0, 0.1) is 0 Å². The number of hydrogen-bond acceptors (Lipinski definition) is 4. The monoisotopic (exact) mass is 354 g/mol. The summed E-state index contributed by atoms with van der Waals surface area (Å²) in [5, 5.41) is 13.0. The SMILES string of the molecule is COc1ccc(C(O)C(=O)NCc2cccc(CN3CCCC3)c2)cc1. The molecule has 0 spiro atoms. The predicted octanol–water partition coefficient (Wildman–Crippen LogP) is 2.64. The fraction of sp³-hybridized carbons (Fsp3) is 0.381. The molecule has 0 aliphatic carbocycles. The molecule has 2 N–H and O–H groups in total. The van der Waals surface area contributed by atoms with E-state index in [1.807, 2.05) is 12.1 Å². The van der Waals surface area contributed by atoms with Gasteiger partial charge in [0.15, 0.2) is 6.10 Å². The highest BCUT2D eigenvalue weighted by molar-refractivity contribution is 5.81. The number of benzene rings is 2. The Hall–Kier alpha value is -2.37. The van der Waals surface area contributed by atoms with Gasteiger partial charge >= 0.3 is 0 Å². The van der Waals surface area contributed by atoms with Crippen molar-refractivity contribution in [3.63, 3.8) is 0 Å². The van der Waals surface area contributed by atoms with E-state index in [2.05, 4.69) is 22.3 Å². The molecule has 0 saturated carbocycles. The largest absolute Gasteiger partial charge is 0.497 e. The molecule has 138 valence electrons. The Labute approximate surface area is 154 Å². The Morgan fingerprint density at radius 2 is 1.85 bits per heavy atom. The normalized spacial score (nSPS) is 15.6. The van der Waals surface area contributed by atoms with Crippen LogP contribution in [0.15, 0.2) is 48.5 Å². The van der Waals surface area contributed by atoms with E-state index < -0.39 is 12.0 Å². The van der Waals surface area contributed by atoms with Gasteiger partial charge in [-0.15, -0.1) is 0 Å². The van der Waals surface area contributed by atoms with Crippen molar-refractivity contribution >= 4 is 5.91 Å². The van der Waals surface area contributed by atoms with Crippen molar-refractivity contribution in [1.29, 1.82) is 0 Å². The molecule has 5 heteroatoms. The van der Waals surface area contributed by atoms with E-state index in [0.717, 1.165) is 25.2 Å². The van der Waals surface area contributed by atoms with E-state index >= 15 is 0 Å². The second kappa shape index (κ2) is 8.83. The number of hydrogen-bond donors (Lipinski definition) is 2. The van der Waals surface area contributed by atoms with Crippen LogP contribution in [0.5, 0.6) is 5.75 Å². The third-order valence-corrected chi connectivity index (χ3v) is 4.74. The summed E-state index contributed by atoms with van der Waals surface area (Å²) in [4.78, 5) is 14.7. The van der Waals surface area contributed by atoms with E-state index in [9.17, 15) is 9.90 Å². The quantitative estimate of drug-likeness (QED) is 0.802. The molecule has 0 bridgehead atoms. The highest BCUT2D eigenvalue weighted by Gasteiger charge is 2.17. The van der Waals surface area contributed by atoms with Gasteiger partial charge in [0.1, 0.15) is 5.75 Å². The van der Waals surface area contributed by atoms with E-state index in [-0.39, 0.29) is 0 Å². The van der Waals surface area contributed by atoms with Crippen LogP contribution in [0.2, 0.25) is 0 Å². The van der Waals surface area contributed by atoms with Gasteiger partial charge in [0.25, 0.3) is 5.91 Å². The number of likely N-dealkylation sites (tertiary alicyclic amines) is 1. The molecule has 1 heterocycles. The number of aliphatic hydroxyl groups is 1. The standard InChI is InChI=1S/C21H26N2O3/c1-26-19-9-7-18(8-10-19)20(24)21(25)22-14-16-5-4-6-17(13-16)15-23-11-2-3-12-23/h4-10,13,20,24H,2-3,11-12,14-15H2,1H3,(H,22,25). The van der Waals surface area contributed by atoms with Gasteiger partial charge in [-0.3, -0.25) is 9.69 Å². The summed E-state index contributed by atoms with van der Waals surface area (Å²) >= 11 is 0. The Kier molecular flexibility index (Phi) is 6.26. The maximum Gasteiger partial charge on any atom is 0.253 e. The van der Waals surface area contributed by atoms with Crippen molar-refractivity contribution in [2.24, 2.45) is 0 Å². The molecule has 2 aromatic rings. The number of aliphatic hydroxyl groups excluding tert-OH is 1. The van der Waals surface area contributed by atoms with Crippen LogP contribution >= 0.6 is 0 Å². The van der Waals surface area contributed by atoms with E-state index in [0.29, 0.717) is 17.9 Å². The summed E-state index contributed by atoms with van der Waals surface area (Å²) in [6.45, 7) is 3.68. The summed E-state index contributed by atoms with van der Waals surface area (Å²) in [5.74, 6) is 0.288. The van der Waals surface area contributed by atoms with E-state index in [4.69, 9.17) is 4.74 Å². The number of nitrogens with one attached hydrogen (secondary N) is 1. The van der Waals surface area contributed by atoms with Crippen LogP contribution in [-0.4, -0.2) is 36.1 Å². The van der Waals surface area contributed by atoms with Gasteiger partial charge in [0, 0.05) is 13.1 Å². The molecule has 1 aliphatic rings. The summed E-state index contributed by atoms with van der Waals surface area (Å²) in [5.41, 5.74) is 2.84. The first-order chi connectivity index (χ1) is 12.7. The van der Waals surface area contributed by atoms with Gasteiger partial charge < -0.3 is 15.2 Å². The fourth-order valence-electron chi connectivity index (χ4n) is 3.26. The Morgan fingerprint density at radius 1 is 1.15 bits per heavy atom. The van der Waals surface area contributed by atoms with Gasteiger partial charge in [-0.2, -0.15) is 0 Å². The fourth-order valence-corrected chi connectivity index (χ4v) is 3.26. The maximum atomic E-state index is 12.2. The molecule has 26 heavy (non-hydrogen) atoms. The molecule has 0 aromatic heterocycles. The van der Waals surface area contributed by atoms with Crippen LogP contribution in [-0.2, 0) is 17.9 Å². The highest BCUT2D eigenvalue weighted by Crippen LogP contribution is 2.18. The van der Waals surface area contributed by atoms with Crippen LogP contribution in [0.3, 0.4) is 0 Å². The summed E-state index contributed by atoms with van der Waals surface area (Å²) in [7, 11) is 1.58. The third-order valence-electron chi connectivity index (χ3n) is 4.74. The van der Waals surface area contributed by atoms with Crippen LogP contribution < -0.4 is 10.1 Å². The molecule has 1 unspecified atom stereocenters. The van der Waals surface area contributed by atoms with Crippen molar-refractivity contribution in [2.75, 3.05) is 20.2 Å². The van der Waals surface area contributed by atoms with Crippen LogP contribution in [0.25, 0.3) is 0 Å². The van der Waals surface area contributed by atoms with Gasteiger partial charge in [-0.05, 0) is 54.8 Å². The lowest BCUT2D eigenvalue weighted by Crippen LogP contribution is -2.28. The number of ether oxygens (including phenoxy) is 1. The van der Waals surface area contributed by atoms with E-state index in [1.165, 1.54) is 18.4 Å². The van der Waals surface area contributed by atoms with Crippen molar-refractivity contribution in [1.82, 2.24) is 10.2 Å². The topological polar surface area (TPSA) is 61.8 Å². The number of amides is 1. The Bertz CT molecular complexity index is 724. The van der Waals surface area contributed by atoms with Gasteiger partial charge in [-0.25, -0.2) is 0 Å². The molecular weight excluding hydrogens is 328 g/mol. The molecule has 5 nitrogen and oxygen atoms in total. The zero-order valence-corrected chi connectivity index (χ0v) is 15.1. The van der Waals surface area contributed by atoms with Crippen molar-refractivity contribution < 1.29 is 14.6 Å². The zero-order valence-electron chi connectivity index (χ0n) is 15.1. The van der Waals surface area contributed by atoms with Gasteiger partial charge in [-0.1, -0.05) is 36.4 Å². The first-order valence-electron chi connectivity index (χ1n) is 9.05. The van der Waals surface area contributed by atoms with Crippen LogP contribution in [0.1, 0.15) is 35.6 Å². The molecule has 1 aliphatic heterocycles. The lowest BCUT2D eigenvalue weighted by molar-refractivity contribution is -0.129. The number of nitrogens with zero attached hydrogens (tertiary/aromatic N) is 1. The minimum atomic E-state index is -1.19. The number of methoxy groups -OCH3 is 1. The van der Waals surface area contributed by atoms with Gasteiger partial charge in [0.05, 0.1) is 7.11 Å². The predicted molar refractivity (Wildman–Crippen MR) is 101 cm³/mol. The average Bonchev–Trinajstić information content (AvgIpc) is 3.19. The highest BCUT2D eigenvalue weighted by atomic mass is 16.5. The first-order valence-corrected chi connectivity index (χ1v) is 9.05. The van der Waals surface area contributed by atoms with E-state index in [1.54, 1.807) is 31.4 Å². The molecule has 1 saturated heterocycles. The summed E-state index contributed by atoms with van der Waals surface area (Å²) < 4.78 is 5.09. The number of carbonyl (C=O) groups excluding carboxylic acids is 1. The maximum absolute atomic E-state index is 12.2. The third kappa shape index (κ3) is 4.84. The molecule has 2 aromatic carbocycles. The number of carbonyl (C=O) groups is 1. The number of rotatable bonds is 7. The van der Waals surface area contributed by atoms with Crippen LogP contribution in [0.4, 0.5) is 0 Å². The molecule has 3 rings (SSSR count). The molecular formula is C21H26N2O3. The summed E-state index contributed by atoms with van der Waals surface area (Å²) in [6, 6.07) is 15.1. The minimum Gasteiger partial charge on any atom is -0.497 e. The Balaban J connectivity index is 1.54. The lowest BCUT2D eigenvalue weighted by atomic mass is 10.1.